The summed E-state index contributed by atoms with van der Waals surface area (Å²) in [4.78, 5) is 16.5. The Morgan fingerprint density at radius 1 is 1.14 bits per heavy atom. The van der Waals surface area contributed by atoms with Crippen molar-refractivity contribution in [2.75, 3.05) is 5.75 Å². The Morgan fingerprint density at radius 3 is 2.62 bits per heavy atom. The minimum atomic E-state index is -3.69. The molecule has 6 nitrogen and oxygen atoms in total. The number of nitrogens with zero attached hydrogens (tertiary/aromatic N) is 1. The second-order valence-corrected chi connectivity index (χ2v) is 9.76. The van der Waals surface area contributed by atoms with Crippen LogP contribution in [0.25, 0.3) is 11.5 Å². The predicted octanol–water partition coefficient (Wildman–Crippen LogP) is 3.95. The zero-order valence-corrected chi connectivity index (χ0v) is 18.5. The smallest absolute Gasteiger partial charge is 0.235 e. The summed E-state index contributed by atoms with van der Waals surface area (Å²) in [5.41, 5.74) is 2.99. The second-order valence-electron chi connectivity index (χ2n) is 6.78. The number of hydrogen-bond acceptors (Lipinski definition) is 5. The number of carbonyl (C=O) groups excluding carboxylic acids is 1. The molecule has 3 aromatic rings. The van der Waals surface area contributed by atoms with Crippen molar-refractivity contribution in [3.63, 3.8) is 0 Å². The Hall–Kier alpha value is -2.45. The van der Waals surface area contributed by atoms with Crippen molar-refractivity contribution >= 4 is 31.7 Å². The van der Waals surface area contributed by atoms with Crippen LogP contribution in [0.1, 0.15) is 22.6 Å². The van der Waals surface area contributed by atoms with Crippen LogP contribution in [0.3, 0.4) is 0 Å². The molecular weight excluding hydrogens is 456 g/mol. The highest BCUT2D eigenvalue weighted by Gasteiger charge is 2.22. The first kappa shape index (κ1) is 21.3. The molecule has 1 heterocycles. The molecule has 0 aliphatic rings. The number of hydrogen-bond donors (Lipinski definition) is 1. The van der Waals surface area contributed by atoms with Gasteiger partial charge in [0.1, 0.15) is 11.5 Å². The summed E-state index contributed by atoms with van der Waals surface area (Å²) < 4.78 is 31.5. The number of amides is 1. The highest BCUT2D eigenvalue weighted by atomic mass is 79.9. The fraction of sp³-hybridized carbons (Fsp3) is 0.238. The molecule has 0 unspecified atom stereocenters. The number of nitrogens with one attached hydrogen (secondary N) is 1. The van der Waals surface area contributed by atoms with Crippen molar-refractivity contribution < 1.29 is 17.6 Å². The van der Waals surface area contributed by atoms with Crippen LogP contribution >= 0.6 is 15.9 Å². The van der Waals surface area contributed by atoms with Crippen LogP contribution in [0.2, 0.25) is 0 Å². The Morgan fingerprint density at radius 2 is 1.90 bits per heavy atom. The standard InChI is InChI=1S/C21H21BrN2O4S/c1-14-6-3-4-9-18(14)21-24-19(15(2)28-21)12-29(26,27)13-20(25)23-11-16-7-5-8-17(22)10-16/h3-10H,11-13H2,1-2H3,(H,23,25). The molecule has 3 rings (SSSR count). The quantitative estimate of drug-likeness (QED) is 0.557. The Balaban J connectivity index is 1.65. The normalized spacial score (nSPS) is 11.4. The van der Waals surface area contributed by atoms with Gasteiger partial charge in [-0.25, -0.2) is 13.4 Å². The van der Waals surface area contributed by atoms with Crippen molar-refractivity contribution in [1.82, 2.24) is 10.3 Å². The molecule has 2 aromatic carbocycles. The number of oxazole rings is 1. The van der Waals surface area contributed by atoms with Crippen LogP contribution in [0.5, 0.6) is 0 Å². The van der Waals surface area contributed by atoms with Crippen molar-refractivity contribution in [3.05, 3.63) is 75.6 Å². The van der Waals surface area contributed by atoms with E-state index in [0.717, 1.165) is 21.2 Å². The van der Waals surface area contributed by atoms with E-state index in [1.165, 1.54) is 0 Å². The third-order valence-corrected chi connectivity index (χ3v) is 6.26. The highest BCUT2D eigenvalue weighted by molar-refractivity contribution is 9.10. The lowest BCUT2D eigenvalue weighted by Crippen LogP contribution is -2.30. The molecule has 0 fully saturated rings. The molecule has 0 atom stereocenters. The largest absolute Gasteiger partial charge is 0.441 e. The molecule has 0 bridgehead atoms. The zero-order chi connectivity index (χ0) is 21.0. The summed E-state index contributed by atoms with van der Waals surface area (Å²) in [6.07, 6.45) is 0. The lowest BCUT2D eigenvalue weighted by molar-refractivity contribution is -0.118. The fourth-order valence-corrected chi connectivity index (χ4v) is 4.58. The molecule has 1 aromatic heterocycles. The fourth-order valence-electron chi connectivity index (χ4n) is 2.85. The van der Waals surface area contributed by atoms with Crippen LogP contribution in [0.4, 0.5) is 0 Å². The number of halogens is 1. The van der Waals surface area contributed by atoms with E-state index in [9.17, 15) is 13.2 Å². The molecule has 8 heteroatoms. The van der Waals surface area contributed by atoms with Gasteiger partial charge in [0, 0.05) is 16.6 Å². The first-order chi connectivity index (χ1) is 13.7. The van der Waals surface area contributed by atoms with Gasteiger partial charge in [-0.2, -0.15) is 0 Å². The molecule has 0 saturated heterocycles. The number of sulfone groups is 1. The number of rotatable bonds is 7. The van der Waals surface area contributed by atoms with Gasteiger partial charge >= 0.3 is 0 Å². The topological polar surface area (TPSA) is 89.3 Å². The summed E-state index contributed by atoms with van der Waals surface area (Å²) in [6.45, 7) is 3.86. The molecule has 0 saturated carbocycles. The van der Waals surface area contributed by atoms with E-state index in [1.807, 2.05) is 55.5 Å². The number of aryl methyl sites for hydroxylation is 2. The summed E-state index contributed by atoms with van der Waals surface area (Å²) in [7, 11) is -3.69. The minimum absolute atomic E-state index is 0.258. The number of carbonyl (C=O) groups is 1. The zero-order valence-electron chi connectivity index (χ0n) is 16.1. The molecule has 0 aliphatic heterocycles. The monoisotopic (exact) mass is 476 g/mol. The molecule has 1 N–H and O–H groups in total. The molecule has 0 spiro atoms. The molecule has 29 heavy (non-hydrogen) atoms. The van der Waals surface area contributed by atoms with Gasteiger partial charge in [-0.15, -0.1) is 0 Å². The van der Waals surface area contributed by atoms with Crippen LogP contribution in [-0.4, -0.2) is 25.1 Å². The van der Waals surface area contributed by atoms with E-state index in [1.54, 1.807) is 6.92 Å². The van der Waals surface area contributed by atoms with E-state index in [0.29, 0.717) is 17.3 Å². The number of aromatic nitrogens is 1. The molecule has 0 aliphatic carbocycles. The predicted molar refractivity (Wildman–Crippen MR) is 115 cm³/mol. The van der Waals surface area contributed by atoms with E-state index in [4.69, 9.17) is 4.42 Å². The van der Waals surface area contributed by atoms with Crippen molar-refractivity contribution in [2.24, 2.45) is 0 Å². The minimum Gasteiger partial charge on any atom is -0.441 e. The van der Waals surface area contributed by atoms with Gasteiger partial charge in [-0.05, 0) is 43.2 Å². The second kappa shape index (κ2) is 8.92. The van der Waals surface area contributed by atoms with Gasteiger partial charge in [0.05, 0.1) is 11.4 Å². The van der Waals surface area contributed by atoms with Crippen molar-refractivity contribution in [3.8, 4) is 11.5 Å². The molecule has 1 amide bonds. The maximum atomic E-state index is 12.5. The van der Waals surface area contributed by atoms with Gasteiger partial charge in [0.2, 0.25) is 11.8 Å². The first-order valence-electron chi connectivity index (χ1n) is 8.97. The average molecular weight is 477 g/mol. The first-order valence-corrected chi connectivity index (χ1v) is 11.6. The Labute approximate surface area is 178 Å². The SMILES string of the molecule is Cc1ccccc1-c1nc(CS(=O)(=O)CC(=O)NCc2cccc(Br)c2)c(C)o1. The van der Waals surface area contributed by atoms with Gasteiger partial charge in [-0.1, -0.05) is 46.3 Å². The van der Waals surface area contributed by atoms with E-state index in [2.05, 4.69) is 26.2 Å². The highest BCUT2D eigenvalue weighted by Crippen LogP contribution is 2.25. The maximum absolute atomic E-state index is 12.5. The summed E-state index contributed by atoms with van der Waals surface area (Å²) >= 11 is 3.36. The van der Waals surface area contributed by atoms with Crippen molar-refractivity contribution in [1.29, 1.82) is 0 Å². The third-order valence-electron chi connectivity index (χ3n) is 4.35. The maximum Gasteiger partial charge on any atom is 0.235 e. The van der Waals surface area contributed by atoms with Gasteiger partial charge in [-0.3, -0.25) is 4.79 Å². The van der Waals surface area contributed by atoms with E-state index >= 15 is 0 Å². The number of benzene rings is 2. The van der Waals surface area contributed by atoms with Crippen LogP contribution in [-0.2, 0) is 26.9 Å². The lowest BCUT2D eigenvalue weighted by Gasteiger charge is -2.06. The molecule has 152 valence electrons. The van der Waals surface area contributed by atoms with Crippen LogP contribution < -0.4 is 5.32 Å². The van der Waals surface area contributed by atoms with Gasteiger partial charge in [0.25, 0.3) is 0 Å². The van der Waals surface area contributed by atoms with Crippen LogP contribution in [0.15, 0.2) is 57.4 Å². The van der Waals surface area contributed by atoms with E-state index < -0.39 is 21.5 Å². The van der Waals surface area contributed by atoms with Gasteiger partial charge in [0.15, 0.2) is 9.84 Å². The summed E-state index contributed by atoms with van der Waals surface area (Å²) in [6, 6.07) is 15.0. The Bertz CT molecular complexity index is 1140. The van der Waals surface area contributed by atoms with Crippen molar-refractivity contribution in [2.45, 2.75) is 26.1 Å². The molecular formula is C21H21BrN2O4S. The van der Waals surface area contributed by atoms with Crippen LogP contribution in [0, 0.1) is 13.8 Å². The summed E-state index contributed by atoms with van der Waals surface area (Å²) in [5, 5.41) is 2.64. The Kier molecular flexibility index (Phi) is 6.54. The van der Waals surface area contributed by atoms with E-state index in [-0.39, 0.29) is 12.3 Å². The van der Waals surface area contributed by atoms with Gasteiger partial charge < -0.3 is 9.73 Å². The molecule has 0 radical (unpaired) electrons. The average Bonchev–Trinajstić information content (AvgIpc) is 2.99. The summed E-state index contributed by atoms with van der Waals surface area (Å²) in [5.74, 6) is -0.692. The third kappa shape index (κ3) is 5.77. The lowest BCUT2D eigenvalue weighted by atomic mass is 10.1.